The van der Waals surface area contributed by atoms with Crippen LogP contribution in [0.4, 0.5) is 11.4 Å². The topological polar surface area (TPSA) is 67.9 Å². The second-order valence-electron chi connectivity index (χ2n) is 9.11. The molecule has 6 heteroatoms. The number of anilines is 2. The number of nitrogens with one attached hydrogen (secondary N) is 1. The molecule has 0 aliphatic heterocycles. The van der Waals surface area contributed by atoms with Crippen molar-refractivity contribution in [2.45, 2.75) is 6.92 Å². The van der Waals surface area contributed by atoms with E-state index in [1.165, 1.54) is 0 Å². The second kappa shape index (κ2) is 12.6. The van der Waals surface area contributed by atoms with Gasteiger partial charge in [-0.05, 0) is 79.0 Å². The lowest BCUT2D eigenvalue weighted by molar-refractivity contribution is 0.0987. The number of nitrogens with zero attached hydrogens (tertiary/aromatic N) is 1. The van der Waals surface area contributed by atoms with E-state index in [1.807, 2.05) is 79.7 Å². The van der Waals surface area contributed by atoms with Crippen molar-refractivity contribution in [1.29, 1.82) is 0 Å². The Balaban J connectivity index is 1.17. The molecule has 0 fully saturated rings. The summed E-state index contributed by atoms with van der Waals surface area (Å²) in [6, 6.07) is 37.5. The number of hydrogen-bond donors (Lipinski definition) is 1. The molecule has 2 amide bonds. The van der Waals surface area contributed by atoms with Crippen LogP contribution in [0.1, 0.15) is 27.6 Å². The first-order valence-electron chi connectivity index (χ1n) is 13.2. The van der Waals surface area contributed by atoms with Gasteiger partial charge < -0.3 is 19.7 Å². The van der Waals surface area contributed by atoms with E-state index in [-0.39, 0.29) is 11.8 Å². The van der Waals surface area contributed by atoms with Crippen molar-refractivity contribution < 1.29 is 19.1 Å². The maximum absolute atomic E-state index is 13.4. The van der Waals surface area contributed by atoms with Gasteiger partial charge in [0.2, 0.25) is 0 Å². The summed E-state index contributed by atoms with van der Waals surface area (Å²) in [7, 11) is 0. The summed E-state index contributed by atoms with van der Waals surface area (Å²) in [4.78, 5) is 27.9. The van der Waals surface area contributed by atoms with Crippen LogP contribution in [0.25, 0.3) is 10.8 Å². The minimum absolute atomic E-state index is 0.0958. The van der Waals surface area contributed by atoms with Crippen molar-refractivity contribution in [1.82, 2.24) is 0 Å². The van der Waals surface area contributed by atoms with E-state index in [4.69, 9.17) is 9.47 Å². The number of hydrogen-bond acceptors (Lipinski definition) is 4. The second-order valence-corrected chi connectivity index (χ2v) is 9.11. The molecule has 5 aromatic carbocycles. The predicted octanol–water partition coefficient (Wildman–Crippen LogP) is 7.22. The summed E-state index contributed by atoms with van der Waals surface area (Å²) in [5.41, 5.74) is 2.53. The third-order valence-corrected chi connectivity index (χ3v) is 6.49. The lowest BCUT2D eigenvalue weighted by Gasteiger charge is -2.23. The largest absolute Gasteiger partial charge is 0.490 e. The molecule has 200 valence electrons. The van der Waals surface area contributed by atoms with Crippen LogP contribution in [-0.2, 0) is 0 Å². The van der Waals surface area contributed by atoms with Crippen molar-refractivity contribution in [3.63, 3.8) is 0 Å². The van der Waals surface area contributed by atoms with Gasteiger partial charge in [0.25, 0.3) is 11.8 Å². The Morgan fingerprint density at radius 2 is 1.25 bits per heavy atom. The van der Waals surface area contributed by atoms with Crippen molar-refractivity contribution in [2.75, 3.05) is 30.0 Å². The number of amides is 2. The van der Waals surface area contributed by atoms with Crippen molar-refractivity contribution in [3.8, 4) is 11.5 Å². The van der Waals surface area contributed by atoms with Gasteiger partial charge in [-0.3, -0.25) is 9.59 Å². The molecular weight excluding hydrogens is 500 g/mol. The minimum atomic E-state index is -0.246. The lowest BCUT2D eigenvalue weighted by Crippen LogP contribution is -2.30. The van der Waals surface area contributed by atoms with Gasteiger partial charge in [-0.1, -0.05) is 54.6 Å². The van der Waals surface area contributed by atoms with Gasteiger partial charge >= 0.3 is 0 Å². The van der Waals surface area contributed by atoms with E-state index in [0.717, 1.165) is 22.2 Å². The SMILES string of the molecule is CCN(C(=O)c1ccc(NC(=O)c2ccc(OCCOc3ccccc3)cc2)cc1)c1cccc2ccccc12. The summed E-state index contributed by atoms with van der Waals surface area (Å²) in [6.45, 7) is 3.30. The third kappa shape index (κ3) is 6.30. The zero-order chi connectivity index (χ0) is 27.7. The monoisotopic (exact) mass is 530 g/mol. The maximum atomic E-state index is 13.4. The molecule has 5 aromatic rings. The van der Waals surface area contributed by atoms with Crippen LogP contribution < -0.4 is 19.7 Å². The Hall–Kier alpha value is -5.10. The first-order chi connectivity index (χ1) is 19.6. The molecule has 0 saturated heterocycles. The van der Waals surface area contributed by atoms with Gasteiger partial charge in [0.1, 0.15) is 24.7 Å². The maximum Gasteiger partial charge on any atom is 0.258 e. The number of ether oxygens (including phenoxy) is 2. The smallest absolute Gasteiger partial charge is 0.258 e. The molecule has 0 radical (unpaired) electrons. The summed E-state index contributed by atoms with van der Waals surface area (Å²) in [6.07, 6.45) is 0. The van der Waals surface area contributed by atoms with Crippen LogP contribution in [0.5, 0.6) is 11.5 Å². The Morgan fingerprint density at radius 3 is 1.95 bits per heavy atom. The fourth-order valence-electron chi connectivity index (χ4n) is 4.46. The number of carbonyl (C=O) groups is 2. The lowest BCUT2D eigenvalue weighted by atomic mass is 10.1. The number of fused-ring (bicyclic) bond motifs is 1. The van der Waals surface area contributed by atoms with Gasteiger partial charge in [-0.15, -0.1) is 0 Å². The number of benzene rings is 5. The van der Waals surface area contributed by atoms with Crippen LogP contribution in [0.2, 0.25) is 0 Å². The molecule has 0 saturated carbocycles. The highest BCUT2D eigenvalue weighted by Gasteiger charge is 2.18. The standard InChI is InChI=1S/C34H30N2O4/c1-2-36(32-14-8-10-25-9-6-7-13-31(25)32)34(38)27-15-19-28(20-16-27)35-33(37)26-17-21-30(22-18-26)40-24-23-39-29-11-4-3-5-12-29/h3-22H,2,23-24H2,1H3,(H,35,37). The Bertz CT molecular complexity index is 1580. The first kappa shape index (κ1) is 26.5. The molecule has 0 heterocycles. The number of para-hydroxylation sites is 1. The zero-order valence-electron chi connectivity index (χ0n) is 22.2. The van der Waals surface area contributed by atoms with Gasteiger partial charge in [-0.25, -0.2) is 0 Å². The normalized spacial score (nSPS) is 10.6. The van der Waals surface area contributed by atoms with Gasteiger partial charge in [-0.2, -0.15) is 0 Å². The van der Waals surface area contributed by atoms with Crippen LogP contribution >= 0.6 is 0 Å². The molecule has 0 aliphatic carbocycles. The Kier molecular flexibility index (Phi) is 8.37. The minimum Gasteiger partial charge on any atom is -0.490 e. The molecular formula is C34H30N2O4. The molecule has 0 atom stereocenters. The zero-order valence-corrected chi connectivity index (χ0v) is 22.2. The molecule has 5 rings (SSSR count). The van der Waals surface area contributed by atoms with Gasteiger partial charge in [0.15, 0.2) is 0 Å². The van der Waals surface area contributed by atoms with E-state index < -0.39 is 0 Å². The highest BCUT2D eigenvalue weighted by molar-refractivity contribution is 6.11. The third-order valence-electron chi connectivity index (χ3n) is 6.49. The predicted molar refractivity (Wildman–Crippen MR) is 160 cm³/mol. The van der Waals surface area contributed by atoms with E-state index in [0.29, 0.717) is 42.3 Å². The highest BCUT2D eigenvalue weighted by Crippen LogP contribution is 2.28. The fraction of sp³-hybridized carbons (Fsp3) is 0.118. The van der Waals surface area contributed by atoms with Crippen LogP contribution in [-0.4, -0.2) is 31.6 Å². The van der Waals surface area contributed by atoms with Crippen molar-refractivity contribution in [2.24, 2.45) is 0 Å². The van der Waals surface area contributed by atoms with Gasteiger partial charge in [0.05, 0.1) is 5.69 Å². The molecule has 0 unspecified atom stereocenters. The summed E-state index contributed by atoms with van der Waals surface area (Å²) in [5, 5.41) is 5.00. The van der Waals surface area contributed by atoms with Crippen LogP contribution in [0, 0.1) is 0 Å². The van der Waals surface area contributed by atoms with Crippen molar-refractivity contribution in [3.05, 3.63) is 132 Å². The molecule has 0 bridgehead atoms. The van der Waals surface area contributed by atoms with E-state index in [2.05, 4.69) is 5.32 Å². The average Bonchev–Trinajstić information content (AvgIpc) is 3.01. The molecule has 6 nitrogen and oxygen atoms in total. The first-order valence-corrected chi connectivity index (χ1v) is 13.2. The Morgan fingerprint density at radius 1 is 0.650 bits per heavy atom. The number of carbonyl (C=O) groups excluding carboxylic acids is 2. The molecule has 0 spiro atoms. The van der Waals surface area contributed by atoms with Crippen LogP contribution in [0.3, 0.4) is 0 Å². The summed E-state index contributed by atoms with van der Waals surface area (Å²) in [5.74, 6) is 1.11. The number of rotatable bonds is 10. The van der Waals surface area contributed by atoms with E-state index in [1.54, 1.807) is 53.4 Å². The molecule has 1 N–H and O–H groups in total. The summed E-state index contributed by atoms with van der Waals surface area (Å²) >= 11 is 0. The van der Waals surface area contributed by atoms with Gasteiger partial charge in [0, 0.05) is 28.7 Å². The highest BCUT2D eigenvalue weighted by atomic mass is 16.5. The van der Waals surface area contributed by atoms with Crippen molar-refractivity contribution >= 4 is 34.0 Å². The summed E-state index contributed by atoms with van der Waals surface area (Å²) < 4.78 is 11.3. The van der Waals surface area contributed by atoms with E-state index in [9.17, 15) is 9.59 Å². The molecule has 0 aliphatic rings. The van der Waals surface area contributed by atoms with E-state index >= 15 is 0 Å². The molecule has 40 heavy (non-hydrogen) atoms. The quantitative estimate of drug-likeness (QED) is 0.194. The fourth-order valence-corrected chi connectivity index (χ4v) is 4.46. The molecule has 0 aromatic heterocycles. The Labute approximate surface area is 233 Å². The van der Waals surface area contributed by atoms with Crippen LogP contribution in [0.15, 0.2) is 121 Å². The average molecular weight is 531 g/mol.